The number of likely N-dealkylation sites (N-methyl/N-ethyl adjacent to an activating group) is 1. The molecular weight excluding hydrogens is 210 g/mol. The van der Waals surface area contributed by atoms with E-state index in [2.05, 4.69) is 47.5 Å². The minimum Gasteiger partial charge on any atom is -0.330 e. The Morgan fingerprint density at radius 2 is 1.94 bits per heavy atom. The van der Waals surface area contributed by atoms with E-state index in [0.29, 0.717) is 0 Å². The van der Waals surface area contributed by atoms with E-state index in [-0.39, 0.29) is 0 Å². The molecule has 3 nitrogen and oxygen atoms in total. The molecule has 0 aliphatic heterocycles. The number of hydrogen-bond acceptors (Lipinski definition) is 3. The van der Waals surface area contributed by atoms with E-state index in [1.165, 1.54) is 5.56 Å². The second kappa shape index (κ2) is 9.16. The van der Waals surface area contributed by atoms with E-state index in [0.717, 1.165) is 45.7 Å². The Balaban J connectivity index is 2.20. The molecule has 0 atom stereocenters. The van der Waals surface area contributed by atoms with E-state index < -0.39 is 0 Å². The van der Waals surface area contributed by atoms with Gasteiger partial charge < -0.3 is 11.1 Å². The van der Waals surface area contributed by atoms with Crippen molar-refractivity contribution in [3.63, 3.8) is 0 Å². The van der Waals surface area contributed by atoms with Gasteiger partial charge in [-0.25, -0.2) is 0 Å². The molecule has 0 spiro atoms. The van der Waals surface area contributed by atoms with Crippen molar-refractivity contribution in [2.24, 2.45) is 5.73 Å². The summed E-state index contributed by atoms with van der Waals surface area (Å²) in [5.41, 5.74) is 6.83. The van der Waals surface area contributed by atoms with Crippen molar-refractivity contribution in [1.29, 1.82) is 0 Å². The molecule has 0 heterocycles. The Morgan fingerprint density at radius 3 is 2.59 bits per heavy atom. The molecule has 1 aromatic rings. The van der Waals surface area contributed by atoms with Crippen molar-refractivity contribution in [1.82, 2.24) is 10.2 Å². The van der Waals surface area contributed by atoms with Gasteiger partial charge in [-0.3, -0.25) is 4.90 Å². The van der Waals surface area contributed by atoms with E-state index >= 15 is 0 Å². The highest BCUT2D eigenvalue weighted by atomic mass is 15.1. The summed E-state index contributed by atoms with van der Waals surface area (Å²) in [7, 11) is 0. The van der Waals surface area contributed by atoms with Gasteiger partial charge in [-0.05, 0) is 31.6 Å². The molecule has 0 bridgehead atoms. The van der Waals surface area contributed by atoms with Crippen LogP contribution in [0.15, 0.2) is 30.3 Å². The highest BCUT2D eigenvalue weighted by molar-refractivity contribution is 5.14. The Labute approximate surface area is 105 Å². The lowest BCUT2D eigenvalue weighted by atomic mass is 10.2. The van der Waals surface area contributed by atoms with Gasteiger partial charge in [0.15, 0.2) is 0 Å². The second-order valence-corrected chi connectivity index (χ2v) is 4.25. The van der Waals surface area contributed by atoms with Gasteiger partial charge in [0.1, 0.15) is 0 Å². The summed E-state index contributed by atoms with van der Waals surface area (Å²) in [6.45, 7) is 8.27. The van der Waals surface area contributed by atoms with Crippen LogP contribution in [0.3, 0.4) is 0 Å². The van der Waals surface area contributed by atoms with E-state index in [4.69, 9.17) is 5.73 Å². The molecule has 17 heavy (non-hydrogen) atoms. The van der Waals surface area contributed by atoms with Crippen molar-refractivity contribution in [3.05, 3.63) is 35.9 Å². The van der Waals surface area contributed by atoms with Crippen LogP contribution in [0, 0.1) is 0 Å². The molecule has 0 radical (unpaired) electrons. The maximum atomic E-state index is 5.45. The molecule has 0 saturated heterocycles. The Kier molecular flexibility index (Phi) is 7.63. The number of nitrogens with one attached hydrogen (secondary N) is 1. The minimum atomic E-state index is 0.772. The Morgan fingerprint density at radius 1 is 1.18 bits per heavy atom. The molecule has 0 unspecified atom stereocenters. The molecule has 0 aliphatic rings. The second-order valence-electron chi connectivity index (χ2n) is 4.25. The monoisotopic (exact) mass is 235 g/mol. The average molecular weight is 235 g/mol. The molecule has 0 aromatic heterocycles. The molecular formula is C14H25N3. The molecule has 0 fully saturated rings. The minimum absolute atomic E-state index is 0.772. The third-order valence-electron chi connectivity index (χ3n) is 2.86. The smallest absolute Gasteiger partial charge is 0.0234 e. The summed E-state index contributed by atoms with van der Waals surface area (Å²) in [4.78, 5) is 2.45. The molecule has 3 N–H and O–H groups in total. The molecule has 0 amide bonds. The van der Waals surface area contributed by atoms with Crippen LogP contribution in [-0.4, -0.2) is 37.6 Å². The van der Waals surface area contributed by atoms with Crippen LogP contribution in [0.25, 0.3) is 0 Å². The van der Waals surface area contributed by atoms with Gasteiger partial charge in [0.25, 0.3) is 0 Å². The highest BCUT2D eigenvalue weighted by Gasteiger charge is 2.02. The first-order valence-electron chi connectivity index (χ1n) is 6.54. The summed E-state index contributed by atoms with van der Waals surface area (Å²) >= 11 is 0. The van der Waals surface area contributed by atoms with E-state index in [1.54, 1.807) is 0 Å². The first-order chi connectivity index (χ1) is 8.36. The maximum absolute atomic E-state index is 5.45. The van der Waals surface area contributed by atoms with Crippen LogP contribution >= 0.6 is 0 Å². The lowest BCUT2D eigenvalue weighted by Gasteiger charge is -2.20. The van der Waals surface area contributed by atoms with Gasteiger partial charge in [0.2, 0.25) is 0 Å². The van der Waals surface area contributed by atoms with Crippen molar-refractivity contribution < 1.29 is 0 Å². The molecule has 0 saturated carbocycles. The van der Waals surface area contributed by atoms with Crippen LogP contribution in [0.5, 0.6) is 0 Å². The number of hydrogen-bond donors (Lipinski definition) is 2. The predicted molar refractivity (Wildman–Crippen MR) is 73.9 cm³/mol. The van der Waals surface area contributed by atoms with Crippen LogP contribution in [-0.2, 0) is 6.54 Å². The number of nitrogens with zero attached hydrogens (tertiary/aromatic N) is 1. The number of benzene rings is 1. The fraction of sp³-hybridized carbons (Fsp3) is 0.571. The quantitative estimate of drug-likeness (QED) is 0.637. The van der Waals surface area contributed by atoms with Gasteiger partial charge in [-0.2, -0.15) is 0 Å². The normalized spacial score (nSPS) is 11.0. The van der Waals surface area contributed by atoms with Crippen molar-refractivity contribution in [3.8, 4) is 0 Å². The maximum Gasteiger partial charge on any atom is 0.0234 e. The SMILES string of the molecule is CCN(CCNCCCN)Cc1ccccc1. The molecule has 96 valence electrons. The zero-order valence-electron chi connectivity index (χ0n) is 10.9. The Bertz CT molecular complexity index is 274. The van der Waals surface area contributed by atoms with E-state index in [9.17, 15) is 0 Å². The van der Waals surface area contributed by atoms with Crippen LogP contribution in [0.1, 0.15) is 18.9 Å². The largest absolute Gasteiger partial charge is 0.330 e. The fourth-order valence-electron chi connectivity index (χ4n) is 1.78. The fourth-order valence-corrected chi connectivity index (χ4v) is 1.78. The number of rotatable bonds is 9. The van der Waals surface area contributed by atoms with Crippen molar-refractivity contribution >= 4 is 0 Å². The van der Waals surface area contributed by atoms with E-state index in [1.807, 2.05) is 0 Å². The Hall–Kier alpha value is -0.900. The predicted octanol–water partition coefficient (Wildman–Crippen LogP) is 1.45. The highest BCUT2D eigenvalue weighted by Crippen LogP contribution is 2.03. The summed E-state index contributed by atoms with van der Waals surface area (Å²) in [6, 6.07) is 10.6. The van der Waals surface area contributed by atoms with Gasteiger partial charge in [-0.15, -0.1) is 0 Å². The van der Waals surface area contributed by atoms with Gasteiger partial charge in [-0.1, -0.05) is 37.3 Å². The first kappa shape index (κ1) is 14.2. The zero-order chi connectivity index (χ0) is 12.3. The van der Waals surface area contributed by atoms with Crippen LogP contribution < -0.4 is 11.1 Å². The lowest BCUT2D eigenvalue weighted by molar-refractivity contribution is 0.279. The summed E-state index contributed by atoms with van der Waals surface area (Å²) in [5.74, 6) is 0. The molecule has 3 heteroatoms. The topological polar surface area (TPSA) is 41.3 Å². The third-order valence-corrected chi connectivity index (χ3v) is 2.86. The van der Waals surface area contributed by atoms with Crippen molar-refractivity contribution in [2.45, 2.75) is 19.9 Å². The average Bonchev–Trinajstić information content (AvgIpc) is 2.38. The molecule has 0 aliphatic carbocycles. The summed E-state index contributed by atoms with van der Waals surface area (Å²) in [6.07, 6.45) is 1.06. The summed E-state index contributed by atoms with van der Waals surface area (Å²) < 4.78 is 0. The molecule has 1 aromatic carbocycles. The van der Waals surface area contributed by atoms with Gasteiger partial charge in [0, 0.05) is 19.6 Å². The van der Waals surface area contributed by atoms with Gasteiger partial charge >= 0.3 is 0 Å². The molecule has 1 rings (SSSR count). The van der Waals surface area contributed by atoms with Gasteiger partial charge in [0.05, 0.1) is 0 Å². The summed E-state index contributed by atoms with van der Waals surface area (Å²) in [5, 5.41) is 3.42. The third kappa shape index (κ3) is 6.41. The van der Waals surface area contributed by atoms with Crippen LogP contribution in [0.2, 0.25) is 0 Å². The van der Waals surface area contributed by atoms with Crippen LogP contribution in [0.4, 0.5) is 0 Å². The van der Waals surface area contributed by atoms with Crippen molar-refractivity contribution in [2.75, 3.05) is 32.7 Å². The standard InChI is InChI=1S/C14H25N3/c1-2-17(12-11-16-10-6-9-15)13-14-7-4-3-5-8-14/h3-5,7-8,16H,2,6,9-13,15H2,1H3. The first-order valence-corrected chi connectivity index (χ1v) is 6.54. The number of nitrogens with two attached hydrogens (primary N) is 1. The lowest BCUT2D eigenvalue weighted by Crippen LogP contribution is -2.32. The zero-order valence-corrected chi connectivity index (χ0v) is 10.9.